The molecule has 2 N–H and O–H groups in total. The number of imidazole rings is 1. The molecule has 0 amide bonds. The van der Waals surface area contributed by atoms with Gasteiger partial charge in [-0.3, -0.25) is 0 Å². The topological polar surface area (TPSA) is 72.9 Å². The lowest BCUT2D eigenvalue weighted by Crippen LogP contribution is -2.35. The standard InChI is InChI=1S/C14H18N6/c1-9-12(15)17-13(10-2-3-10)18-14(9)20-7-6-19-5-4-16-11(19)8-20/h4-5,10H,2-3,6-8H2,1H3,(H2,15,17,18). The largest absolute Gasteiger partial charge is 0.383 e. The summed E-state index contributed by atoms with van der Waals surface area (Å²) in [6.07, 6.45) is 6.26. The first-order chi connectivity index (χ1) is 9.72. The minimum absolute atomic E-state index is 0.517. The summed E-state index contributed by atoms with van der Waals surface area (Å²) >= 11 is 0. The van der Waals surface area contributed by atoms with Crippen LogP contribution in [0.15, 0.2) is 12.4 Å². The molecule has 0 unspecified atom stereocenters. The highest BCUT2D eigenvalue weighted by Crippen LogP contribution is 2.39. The molecule has 0 spiro atoms. The molecular weight excluding hydrogens is 252 g/mol. The number of anilines is 2. The molecule has 0 aromatic carbocycles. The third kappa shape index (κ3) is 1.83. The zero-order chi connectivity index (χ0) is 13.7. The third-order valence-corrected chi connectivity index (χ3v) is 4.16. The monoisotopic (exact) mass is 270 g/mol. The molecule has 0 radical (unpaired) electrons. The number of nitrogens with zero attached hydrogens (tertiary/aromatic N) is 5. The number of nitrogen functional groups attached to an aromatic ring is 1. The van der Waals surface area contributed by atoms with Gasteiger partial charge in [-0.2, -0.15) is 0 Å². The van der Waals surface area contributed by atoms with Gasteiger partial charge in [0.25, 0.3) is 0 Å². The predicted octanol–water partition coefficient (Wildman–Crippen LogP) is 1.46. The van der Waals surface area contributed by atoms with Gasteiger partial charge in [0.15, 0.2) is 0 Å². The van der Waals surface area contributed by atoms with Gasteiger partial charge in [-0.15, -0.1) is 0 Å². The second-order valence-electron chi connectivity index (χ2n) is 5.65. The van der Waals surface area contributed by atoms with E-state index in [2.05, 4.69) is 19.4 Å². The molecule has 2 aliphatic rings. The van der Waals surface area contributed by atoms with E-state index in [1.165, 1.54) is 12.8 Å². The molecule has 0 saturated heterocycles. The zero-order valence-electron chi connectivity index (χ0n) is 11.6. The maximum absolute atomic E-state index is 6.07. The molecule has 20 heavy (non-hydrogen) atoms. The van der Waals surface area contributed by atoms with Crippen LogP contribution in [0, 0.1) is 6.92 Å². The van der Waals surface area contributed by atoms with E-state index in [1.807, 2.05) is 19.3 Å². The fourth-order valence-corrected chi connectivity index (χ4v) is 2.73. The fourth-order valence-electron chi connectivity index (χ4n) is 2.73. The summed E-state index contributed by atoms with van der Waals surface area (Å²) in [5.41, 5.74) is 7.05. The van der Waals surface area contributed by atoms with Crippen LogP contribution in [0.5, 0.6) is 0 Å². The smallest absolute Gasteiger partial charge is 0.137 e. The van der Waals surface area contributed by atoms with Gasteiger partial charge in [-0.1, -0.05) is 0 Å². The number of fused-ring (bicyclic) bond motifs is 1. The number of nitrogens with two attached hydrogens (primary N) is 1. The first-order valence-corrected chi connectivity index (χ1v) is 7.11. The van der Waals surface area contributed by atoms with Gasteiger partial charge in [0.2, 0.25) is 0 Å². The van der Waals surface area contributed by atoms with Gasteiger partial charge in [0.05, 0.1) is 6.54 Å². The highest BCUT2D eigenvalue weighted by Gasteiger charge is 2.29. The molecule has 2 aromatic rings. The predicted molar refractivity (Wildman–Crippen MR) is 76.4 cm³/mol. The molecule has 104 valence electrons. The summed E-state index contributed by atoms with van der Waals surface area (Å²) in [5, 5.41) is 0. The Bertz CT molecular complexity index is 658. The zero-order valence-corrected chi connectivity index (χ0v) is 11.6. The Morgan fingerprint density at radius 2 is 2.10 bits per heavy atom. The number of aromatic nitrogens is 4. The van der Waals surface area contributed by atoms with Crippen LogP contribution in [-0.4, -0.2) is 26.1 Å². The number of hydrogen-bond acceptors (Lipinski definition) is 5. The normalized spacial score (nSPS) is 18.1. The summed E-state index contributed by atoms with van der Waals surface area (Å²) in [6, 6.07) is 0. The first-order valence-electron chi connectivity index (χ1n) is 7.11. The maximum Gasteiger partial charge on any atom is 0.137 e. The molecule has 1 aliphatic carbocycles. The third-order valence-electron chi connectivity index (χ3n) is 4.16. The van der Waals surface area contributed by atoms with Crippen molar-refractivity contribution in [2.45, 2.75) is 38.8 Å². The van der Waals surface area contributed by atoms with Gasteiger partial charge in [0, 0.05) is 37.0 Å². The van der Waals surface area contributed by atoms with E-state index in [0.717, 1.165) is 42.7 Å². The SMILES string of the molecule is Cc1c(N)nc(C2CC2)nc1N1CCn2ccnc2C1. The van der Waals surface area contributed by atoms with E-state index in [0.29, 0.717) is 11.7 Å². The van der Waals surface area contributed by atoms with Gasteiger partial charge in [0.1, 0.15) is 23.3 Å². The van der Waals surface area contributed by atoms with Crippen LogP contribution in [0.2, 0.25) is 0 Å². The molecule has 0 atom stereocenters. The van der Waals surface area contributed by atoms with Crippen LogP contribution in [-0.2, 0) is 13.1 Å². The Hall–Kier alpha value is -2.11. The lowest BCUT2D eigenvalue weighted by atomic mass is 10.2. The molecule has 6 heteroatoms. The van der Waals surface area contributed by atoms with Crippen molar-refractivity contribution in [1.29, 1.82) is 0 Å². The number of rotatable bonds is 2. The van der Waals surface area contributed by atoms with Crippen molar-refractivity contribution in [3.05, 3.63) is 29.6 Å². The van der Waals surface area contributed by atoms with Crippen molar-refractivity contribution < 1.29 is 0 Å². The van der Waals surface area contributed by atoms with E-state index < -0.39 is 0 Å². The van der Waals surface area contributed by atoms with E-state index in [9.17, 15) is 0 Å². The van der Waals surface area contributed by atoms with Crippen LogP contribution in [0.25, 0.3) is 0 Å². The summed E-state index contributed by atoms with van der Waals surface area (Å²) in [7, 11) is 0. The maximum atomic E-state index is 6.07. The molecule has 0 bridgehead atoms. The summed E-state index contributed by atoms with van der Waals surface area (Å²) in [4.78, 5) is 15.9. The van der Waals surface area contributed by atoms with Crippen LogP contribution in [0.3, 0.4) is 0 Å². The van der Waals surface area contributed by atoms with Crippen molar-refractivity contribution in [3.63, 3.8) is 0 Å². The minimum atomic E-state index is 0.517. The molecule has 1 aliphatic heterocycles. The van der Waals surface area contributed by atoms with Gasteiger partial charge >= 0.3 is 0 Å². The quantitative estimate of drug-likeness (QED) is 0.894. The highest BCUT2D eigenvalue weighted by molar-refractivity contribution is 5.57. The van der Waals surface area contributed by atoms with Crippen molar-refractivity contribution in [3.8, 4) is 0 Å². The fraction of sp³-hybridized carbons (Fsp3) is 0.500. The first kappa shape index (κ1) is 11.7. The summed E-state index contributed by atoms with van der Waals surface area (Å²) in [6.45, 7) is 4.67. The Morgan fingerprint density at radius 3 is 2.90 bits per heavy atom. The van der Waals surface area contributed by atoms with Crippen LogP contribution < -0.4 is 10.6 Å². The van der Waals surface area contributed by atoms with Crippen LogP contribution in [0.4, 0.5) is 11.6 Å². The average molecular weight is 270 g/mol. The van der Waals surface area contributed by atoms with Crippen LogP contribution >= 0.6 is 0 Å². The van der Waals surface area contributed by atoms with E-state index in [4.69, 9.17) is 10.7 Å². The molecule has 3 heterocycles. The lowest BCUT2D eigenvalue weighted by Gasteiger charge is -2.30. The molecular formula is C14H18N6. The van der Waals surface area contributed by atoms with E-state index >= 15 is 0 Å². The summed E-state index contributed by atoms with van der Waals surface area (Å²) < 4.78 is 2.19. The second kappa shape index (κ2) is 4.19. The van der Waals surface area contributed by atoms with Crippen molar-refractivity contribution in [1.82, 2.24) is 19.5 Å². The highest BCUT2D eigenvalue weighted by atomic mass is 15.3. The molecule has 4 rings (SSSR count). The molecule has 1 saturated carbocycles. The Balaban J connectivity index is 1.71. The van der Waals surface area contributed by atoms with E-state index in [1.54, 1.807) is 0 Å². The molecule has 1 fully saturated rings. The summed E-state index contributed by atoms with van der Waals surface area (Å²) in [5.74, 6) is 4.11. The average Bonchev–Trinajstić information content (AvgIpc) is 3.19. The van der Waals surface area contributed by atoms with Crippen molar-refractivity contribution in [2.24, 2.45) is 0 Å². The van der Waals surface area contributed by atoms with Gasteiger partial charge in [-0.05, 0) is 19.8 Å². The van der Waals surface area contributed by atoms with Crippen LogP contribution in [0.1, 0.15) is 36.0 Å². The van der Waals surface area contributed by atoms with E-state index in [-0.39, 0.29) is 0 Å². The minimum Gasteiger partial charge on any atom is -0.383 e. The van der Waals surface area contributed by atoms with Crippen molar-refractivity contribution >= 4 is 11.6 Å². The molecule has 2 aromatic heterocycles. The Kier molecular flexibility index (Phi) is 2.45. The molecule has 6 nitrogen and oxygen atoms in total. The Labute approximate surface area is 117 Å². The van der Waals surface area contributed by atoms with Gasteiger partial charge in [-0.25, -0.2) is 15.0 Å². The lowest BCUT2D eigenvalue weighted by molar-refractivity contribution is 0.554. The van der Waals surface area contributed by atoms with Gasteiger partial charge < -0.3 is 15.2 Å². The second-order valence-corrected chi connectivity index (χ2v) is 5.65. The Morgan fingerprint density at radius 1 is 1.25 bits per heavy atom. The van der Waals surface area contributed by atoms with Crippen molar-refractivity contribution in [2.75, 3.05) is 17.2 Å². The number of hydrogen-bond donors (Lipinski definition) is 1.